The molecule has 2 heterocycles. The van der Waals surface area contributed by atoms with E-state index in [0.717, 1.165) is 11.3 Å². The molecule has 0 aliphatic carbocycles. The Morgan fingerprint density at radius 1 is 1.26 bits per heavy atom. The minimum atomic E-state index is -4.38. The molecule has 1 aromatic carbocycles. The number of anilines is 1. The molecule has 2 aliphatic heterocycles. The maximum atomic E-state index is 12.3. The summed E-state index contributed by atoms with van der Waals surface area (Å²) in [4.78, 5) is 8.75. The number of hydrogen-bond donors (Lipinski definition) is 2. The zero-order valence-electron chi connectivity index (χ0n) is 17.5. The van der Waals surface area contributed by atoms with Gasteiger partial charge in [-0.2, -0.15) is 23.4 Å². The fourth-order valence-corrected chi connectivity index (χ4v) is 3.27. The van der Waals surface area contributed by atoms with Crippen LogP contribution < -0.4 is 15.4 Å². The highest BCUT2D eigenvalue weighted by molar-refractivity contribution is 6.05. The molecule has 0 bridgehead atoms. The highest BCUT2D eigenvalue weighted by atomic mass is 19.4. The van der Waals surface area contributed by atoms with E-state index in [1.807, 2.05) is 31.2 Å². The third-order valence-electron chi connectivity index (χ3n) is 4.68. The van der Waals surface area contributed by atoms with E-state index < -0.39 is 12.8 Å². The van der Waals surface area contributed by atoms with Crippen LogP contribution in [0.25, 0.3) is 0 Å². The Labute approximate surface area is 178 Å². The van der Waals surface area contributed by atoms with Crippen molar-refractivity contribution in [2.24, 2.45) is 20.2 Å². The SMILES string of the molecule is CNC1CC(COCC(F)(F)F)=NC(Nc2ccc(C3C=C(C)N=NC3)c(OC)c2)=N1. The molecule has 2 unspecified atom stereocenters. The van der Waals surface area contributed by atoms with E-state index in [4.69, 9.17) is 9.47 Å². The molecule has 2 N–H and O–H groups in total. The quantitative estimate of drug-likeness (QED) is 0.676. The van der Waals surface area contributed by atoms with Crippen LogP contribution in [0, 0.1) is 0 Å². The number of ether oxygens (including phenoxy) is 2. The molecule has 1 aromatic rings. The Morgan fingerprint density at radius 2 is 2.06 bits per heavy atom. The van der Waals surface area contributed by atoms with Gasteiger partial charge in [0.1, 0.15) is 18.5 Å². The number of nitrogens with one attached hydrogen (secondary N) is 2. The summed E-state index contributed by atoms with van der Waals surface area (Å²) >= 11 is 0. The van der Waals surface area contributed by atoms with Gasteiger partial charge in [-0.05, 0) is 20.0 Å². The van der Waals surface area contributed by atoms with E-state index >= 15 is 0 Å². The summed E-state index contributed by atoms with van der Waals surface area (Å²) in [6.07, 6.45) is -2.29. The van der Waals surface area contributed by atoms with E-state index in [-0.39, 0.29) is 24.7 Å². The highest BCUT2D eigenvalue weighted by Gasteiger charge is 2.28. The minimum absolute atomic E-state index is 0.0672. The van der Waals surface area contributed by atoms with Gasteiger partial charge < -0.3 is 14.8 Å². The largest absolute Gasteiger partial charge is 0.496 e. The molecule has 168 valence electrons. The number of allylic oxidation sites excluding steroid dienone is 1. The van der Waals surface area contributed by atoms with Gasteiger partial charge in [0.05, 0.1) is 31.7 Å². The van der Waals surface area contributed by atoms with E-state index in [2.05, 4.69) is 30.8 Å². The van der Waals surface area contributed by atoms with Crippen molar-refractivity contribution >= 4 is 17.4 Å². The van der Waals surface area contributed by atoms with Crippen molar-refractivity contribution in [1.29, 1.82) is 0 Å². The second-order valence-corrected chi connectivity index (χ2v) is 7.17. The Bertz CT molecular complexity index is 911. The van der Waals surface area contributed by atoms with Crippen molar-refractivity contribution in [2.75, 3.05) is 39.2 Å². The lowest BCUT2D eigenvalue weighted by atomic mass is 9.96. The molecule has 2 aliphatic rings. The van der Waals surface area contributed by atoms with Crippen molar-refractivity contribution in [3.8, 4) is 5.75 Å². The van der Waals surface area contributed by atoms with Gasteiger partial charge in [-0.25, -0.2) is 9.98 Å². The topological polar surface area (TPSA) is 92.0 Å². The molecule has 8 nitrogen and oxygen atoms in total. The standard InChI is InChI=1S/C20H25F3N6O2/c1-12-6-13(9-25-29-12)16-5-4-14(7-17(16)30-3)26-19-27-15(8-18(24-2)28-19)10-31-11-20(21,22)23/h4-7,13,18,24H,8-11H2,1-3H3,(H,26,28). The van der Waals surface area contributed by atoms with Gasteiger partial charge in [0.25, 0.3) is 0 Å². The predicted molar refractivity (Wildman–Crippen MR) is 112 cm³/mol. The summed E-state index contributed by atoms with van der Waals surface area (Å²) in [6, 6.07) is 5.63. The lowest BCUT2D eigenvalue weighted by Gasteiger charge is -2.21. The summed E-state index contributed by atoms with van der Waals surface area (Å²) in [5, 5.41) is 14.3. The Balaban J connectivity index is 1.73. The fourth-order valence-electron chi connectivity index (χ4n) is 3.27. The molecule has 0 amide bonds. The number of aliphatic imine (C=N–C) groups is 2. The zero-order chi connectivity index (χ0) is 22.4. The third-order valence-corrected chi connectivity index (χ3v) is 4.68. The van der Waals surface area contributed by atoms with Gasteiger partial charge in [-0.3, -0.25) is 5.32 Å². The summed E-state index contributed by atoms with van der Waals surface area (Å²) in [6.45, 7) is 0.903. The number of halogens is 3. The first-order valence-electron chi connectivity index (χ1n) is 9.74. The average molecular weight is 438 g/mol. The van der Waals surface area contributed by atoms with Crippen LogP contribution in [-0.4, -0.2) is 57.9 Å². The smallest absolute Gasteiger partial charge is 0.411 e. The second-order valence-electron chi connectivity index (χ2n) is 7.17. The van der Waals surface area contributed by atoms with Crippen LogP contribution in [0.4, 0.5) is 18.9 Å². The number of benzene rings is 1. The Hall–Kier alpha value is -2.79. The maximum absolute atomic E-state index is 12.3. The summed E-state index contributed by atoms with van der Waals surface area (Å²) in [5.74, 6) is 1.03. The van der Waals surface area contributed by atoms with E-state index in [1.165, 1.54) is 0 Å². The van der Waals surface area contributed by atoms with E-state index in [0.29, 0.717) is 30.1 Å². The van der Waals surface area contributed by atoms with E-state index in [1.54, 1.807) is 14.2 Å². The molecule has 0 fully saturated rings. The van der Waals surface area contributed by atoms with Crippen molar-refractivity contribution in [2.45, 2.75) is 31.6 Å². The third kappa shape index (κ3) is 6.59. The van der Waals surface area contributed by atoms with Crippen molar-refractivity contribution in [1.82, 2.24) is 5.32 Å². The van der Waals surface area contributed by atoms with Gasteiger partial charge in [0.2, 0.25) is 5.96 Å². The zero-order valence-corrected chi connectivity index (χ0v) is 17.5. The van der Waals surface area contributed by atoms with Gasteiger partial charge >= 0.3 is 6.18 Å². The van der Waals surface area contributed by atoms with Gasteiger partial charge in [-0.1, -0.05) is 12.1 Å². The van der Waals surface area contributed by atoms with Crippen LogP contribution in [0.1, 0.15) is 24.8 Å². The molecule has 0 saturated heterocycles. The summed E-state index contributed by atoms with van der Waals surface area (Å²) in [7, 11) is 3.31. The minimum Gasteiger partial charge on any atom is -0.496 e. The monoisotopic (exact) mass is 438 g/mol. The molecule has 0 aromatic heterocycles. The van der Waals surface area contributed by atoms with Gasteiger partial charge in [0, 0.05) is 29.7 Å². The lowest BCUT2D eigenvalue weighted by molar-refractivity contribution is -0.170. The number of nitrogens with zero attached hydrogens (tertiary/aromatic N) is 4. The lowest BCUT2D eigenvalue weighted by Crippen LogP contribution is -2.34. The molecule has 0 saturated carbocycles. The molecule has 2 atom stereocenters. The Morgan fingerprint density at radius 3 is 2.74 bits per heavy atom. The number of rotatable bonds is 7. The molecule has 3 rings (SSSR count). The molecule has 0 radical (unpaired) electrons. The first-order chi connectivity index (χ1) is 14.8. The number of methoxy groups -OCH3 is 1. The van der Waals surface area contributed by atoms with Crippen LogP contribution in [0.3, 0.4) is 0 Å². The highest BCUT2D eigenvalue weighted by Crippen LogP contribution is 2.33. The van der Waals surface area contributed by atoms with Gasteiger partial charge in [-0.15, -0.1) is 0 Å². The van der Waals surface area contributed by atoms with Crippen molar-refractivity contribution in [3.05, 3.63) is 35.5 Å². The molecular formula is C20H25F3N6O2. The van der Waals surface area contributed by atoms with E-state index in [9.17, 15) is 13.2 Å². The summed E-state index contributed by atoms with van der Waals surface area (Å²) in [5.41, 5.74) is 2.99. The normalized spacial score (nSPS) is 21.3. The maximum Gasteiger partial charge on any atom is 0.411 e. The molecule has 0 spiro atoms. The van der Waals surface area contributed by atoms with Crippen molar-refractivity contribution < 1.29 is 22.6 Å². The second kappa shape index (κ2) is 10.0. The number of hydrogen-bond acceptors (Lipinski definition) is 8. The molecular weight excluding hydrogens is 413 g/mol. The van der Waals surface area contributed by atoms with Crippen molar-refractivity contribution in [3.63, 3.8) is 0 Å². The molecule has 11 heteroatoms. The number of alkyl halides is 3. The predicted octanol–water partition coefficient (Wildman–Crippen LogP) is 3.89. The van der Waals surface area contributed by atoms with Crippen LogP contribution in [0.15, 0.2) is 50.2 Å². The van der Waals surface area contributed by atoms with Crippen LogP contribution in [0.5, 0.6) is 5.75 Å². The first-order valence-corrected chi connectivity index (χ1v) is 9.74. The van der Waals surface area contributed by atoms with Crippen LogP contribution in [-0.2, 0) is 4.74 Å². The number of guanidine groups is 1. The fraction of sp³-hybridized carbons (Fsp3) is 0.500. The first kappa shape index (κ1) is 22.9. The van der Waals surface area contributed by atoms with Crippen LogP contribution >= 0.6 is 0 Å². The summed E-state index contributed by atoms with van der Waals surface area (Å²) < 4.78 is 47.3. The number of azo groups is 1. The molecule has 31 heavy (non-hydrogen) atoms. The Kier molecular flexibility index (Phi) is 7.39. The van der Waals surface area contributed by atoms with Gasteiger partial charge in [0.15, 0.2) is 0 Å². The average Bonchev–Trinajstić information content (AvgIpc) is 2.72. The van der Waals surface area contributed by atoms with Crippen LogP contribution in [0.2, 0.25) is 0 Å².